The summed E-state index contributed by atoms with van der Waals surface area (Å²) in [5, 5.41) is 13.9. The molecule has 5 nitrogen and oxygen atoms in total. The summed E-state index contributed by atoms with van der Waals surface area (Å²) in [5.74, 6) is 0.177. The van der Waals surface area contributed by atoms with Gasteiger partial charge in [0.15, 0.2) is 0 Å². The number of carbonyl (C=O) groups excluding carboxylic acids is 1. The first-order valence-corrected chi connectivity index (χ1v) is 7.48. The van der Waals surface area contributed by atoms with E-state index in [-0.39, 0.29) is 17.7 Å². The molecule has 5 heteroatoms. The zero-order valence-corrected chi connectivity index (χ0v) is 12.2. The van der Waals surface area contributed by atoms with E-state index in [9.17, 15) is 9.90 Å². The second kappa shape index (κ2) is 5.76. The summed E-state index contributed by atoms with van der Waals surface area (Å²) in [7, 11) is 0. The third-order valence-corrected chi connectivity index (χ3v) is 4.25. The van der Waals surface area contributed by atoms with Crippen LogP contribution >= 0.6 is 0 Å². The second-order valence-electron chi connectivity index (χ2n) is 5.73. The number of amides is 1. The predicted molar refractivity (Wildman–Crippen MR) is 79.2 cm³/mol. The minimum Gasteiger partial charge on any atom is -0.507 e. The first-order valence-electron chi connectivity index (χ1n) is 7.48. The molecule has 2 heterocycles. The van der Waals surface area contributed by atoms with E-state index in [1.54, 1.807) is 18.2 Å². The van der Waals surface area contributed by atoms with Gasteiger partial charge in [-0.3, -0.25) is 4.79 Å². The summed E-state index contributed by atoms with van der Waals surface area (Å²) in [6.45, 7) is 2.88. The number of benzene rings is 1. The van der Waals surface area contributed by atoms with Gasteiger partial charge in [0.2, 0.25) is 6.10 Å². The van der Waals surface area contributed by atoms with Gasteiger partial charge in [0.25, 0.3) is 5.91 Å². The van der Waals surface area contributed by atoms with Crippen LogP contribution in [0, 0.1) is 0 Å². The minimum atomic E-state index is -0.555. The van der Waals surface area contributed by atoms with Crippen LogP contribution in [0.15, 0.2) is 29.4 Å². The topological polar surface area (TPSA) is 62.1 Å². The van der Waals surface area contributed by atoms with E-state index >= 15 is 0 Å². The standard InChI is InChI=1S/C16H20N2O3/c1-11-6-4-5-9-18(11)16(20)15-10-13(17-21-15)12-7-2-3-8-14(12)19/h2-3,7-8,11,15,19H,4-6,9-10H2,1H3/t11-,15-/m0/s1. The van der Waals surface area contributed by atoms with Gasteiger partial charge >= 0.3 is 0 Å². The van der Waals surface area contributed by atoms with E-state index in [1.165, 1.54) is 6.42 Å². The largest absolute Gasteiger partial charge is 0.507 e. The molecule has 0 bridgehead atoms. The van der Waals surface area contributed by atoms with E-state index in [0.29, 0.717) is 17.7 Å². The Morgan fingerprint density at radius 3 is 2.95 bits per heavy atom. The van der Waals surface area contributed by atoms with E-state index in [1.807, 2.05) is 11.0 Å². The summed E-state index contributed by atoms with van der Waals surface area (Å²) in [5.41, 5.74) is 1.27. The Morgan fingerprint density at radius 2 is 2.19 bits per heavy atom. The van der Waals surface area contributed by atoms with E-state index < -0.39 is 6.10 Å². The van der Waals surface area contributed by atoms with Crippen LogP contribution in [0.25, 0.3) is 0 Å². The summed E-state index contributed by atoms with van der Waals surface area (Å²) in [6.07, 6.45) is 3.14. The average molecular weight is 288 g/mol. The van der Waals surface area contributed by atoms with Gasteiger partial charge in [0.05, 0.1) is 5.71 Å². The lowest BCUT2D eigenvalue weighted by atomic mass is 10.00. The maximum Gasteiger partial charge on any atom is 0.267 e. The maximum absolute atomic E-state index is 12.5. The summed E-state index contributed by atoms with van der Waals surface area (Å²) in [6, 6.07) is 7.25. The van der Waals surface area contributed by atoms with Gasteiger partial charge in [-0.2, -0.15) is 0 Å². The number of piperidine rings is 1. The van der Waals surface area contributed by atoms with Crippen LogP contribution in [0.3, 0.4) is 0 Å². The molecule has 0 aliphatic carbocycles. The molecule has 1 aromatic rings. The molecule has 3 rings (SSSR count). The highest BCUT2D eigenvalue weighted by Crippen LogP contribution is 2.26. The van der Waals surface area contributed by atoms with Crippen LogP contribution in [0.2, 0.25) is 0 Å². The molecule has 1 fully saturated rings. The van der Waals surface area contributed by atoms with Crippen LogP contribution in [0.5, 0.6) is 5.75 Å². The highest BCUT2D eigenvalue weighted by atomic mass is 16.6. The van der Waals surface area contributed by atoms with Crippen molar-refractivity contribution in [2.24, 2.45) is 5.16 Å². The van der Waals surface area contributed by atoms with Crippen molar-refractivity contribution < 1.29 is 14.7 Å². The van der Waals surface area contributed by atoms with Crippen molar-refractivity contribution in [3.63, 3.8) is 0 Å². The Balaban J connectivity index is 1.68. The number of carbonyl (C=O) groups is 1. The number of phenols is 1. The van der Waals surface area contributed by atoms with Gasteiger partial charge in [0, 0.05) is 24.6 Å². The Labute approximate surface area is 124 Å². The summed E-state index contributed by atoms with van der Waals surface area (Å²) in [4.78, 5) is 19.8. The number of nitrogens with zero attached hydrogens (tertiary/aromatic N) is 2. The van der Waals surface area contributed by atoms with Crippen LogP contribution in [0.1, 0.15) is 38.2 Å². The predicted octanol–water partition coefficient (Wildman–Crippen LogP) is 2.29. The lowest BCUT2D eigenvalue weighted by Gasteiger charge is -2.34. The fourth-order valence-corrected chi connectivity index (χ4v) is 3.00. The summed E-state index contributed by atoms with van der Waals surface area (Å²) < 4.78 is 0. The van der Waals surface area contributed by atoms with Gasteiger partial charge in [-0.25, -0.2) is 0 Å². The molecule has 0 radical (unpaired) electrons. The minimum absolute atomic E-state index is 0.0105. The second-order valence-corrected chi connectivity index (χ2v) is 5.73. The van der Waals surface area contributed by atoms with E-state index in [2.05, 4.69) is 12.1 Å². The quantitative estimate of drug-likeness (QED) is 0.908. The molecule has 1 aromatic carbocycles. The number of likely N-dealkylation sites (tertiary alicyclic amines) is 1. The molecule has 0 unspecified atom stereocenters. The number of para-hydroxylation sites is 1. The molecule has 21 heavy (non-hydrogen) atoms. The lowest BCUT2D eigenvalue weighted by molar-refractivity contribution is -0.145. The molecule has 2 atom stereocenters. The molecule has 1 N–H and O–H groups in total. The van der Waals surface area contributed by atoms with Crippen molar-refractivity contribution in [1.82, 2.24) is 4.90 Å². The zero-order chi connectivity index (χ0) is 14.8. The third kappa shape index (κ3) is 2.73. The van der Waals surface area contributed by atoms with Crippen LogP contribution in [-0.2, 0) is 9.63 Å². The first kappa shape index (κ1) is 13.9. The zero-order valence-electron chi connectivity index (χ0n) is 12.2. The van der Waals surface area contributed by atoms with Crippen LogP contribution < -0.4 is 0 Å². The van der Waals surface area contributed by atoms with Gasteiger partial charge in [-0.1, -0.05) is 17.3 Å². The molecular weight excluding hydrogens is 268 g/mol. The van der Waals surface area contributed by atoms with E-state index in [0.717, 1.165) is 19.4 Å². The van der Waals surface area contributed by atoms with Crippen molar-refractivity contribution in [2.75, 3.05) is 6.54 Å². The number of rotatable bonds is 2. The fourth-order valence-electron chi connectivity index (χ4n) is 3.00. The Kier molecular flexibility index (Phi) is 3.82. The average Bonchev–Trinajstić information content (AvgIpc) is 2.97. The SMILES string of the molecule is C[C@H]1CCCCN1C(=O)[C@@H]1CC(c2ccccc2O)=NO1. The number of hydrogen-bond donors (Lipinski definition) is 1. The Morgan fingerprint density at radius 1 is 1.38 bits per heavy atom. The molecule has 1 saturated heterocycles. The third-order valence-electron chi connectivity index (χ3n) is 4.25. The highest BCUT2D eigenvalue weighted by molar-refractivity contribution is 6.05. The van der Waals surface area contributed by atoms with Gasteiger partial charge in [-0.15, -0.1) is 0 Å². The fraction of sp³-hybridized carbons (Fsp3) is 0.500. The van der Waals surface area contributed by atoms with Crippen molar-refractivity contribution in [1.29, 1.82) is 0 Å². The van der Waals surface area contributed by atoms with Gasteiger partial charge in [0.1, 0.15) is 5.75 Å². The summed E-state index contributed by atoms with van der Waals surface area (Å²) >= 11 is 0. The van der Waals surface area contributed by atoms with Crippen molar-refractivity contribution in [2.45, 2.75) is 44.8 Å². The molecule has 2 aliphatic heterocycles. The van der Waals surface area contributed by atoms with Crippen molar-refractivity contribution in [3.05, 3.63) is 29.8 Å². The lowest BCUT2D eigenvalue weighted by Crippen LogP contribution is -2.47. The van der Waals surface area contributed by atoms with Crippen molar-refractivity contribution in [3.8, 4) is 5.75 Å². The van der Waals surface area contributed by atoms with Gasteiger partial charge in [-0.05, 0) is 38.3 Å². The number of hydrogen-bond acceptors (Lipinski definition) is 4. The first-order chi connectivity index (χ1) is 10.2. The smallest absolute Gasteiger partial charge is 0.267 e. The van der Waals surface area contributed by atoms with Crippen LogP contribution in [0.4, 0.5) is 0 Å². The normalized spacial score (nSPS) is 25.4. The van der Waals surface area contributed by atoms with Crippen molar-refractivity contribution >= 4 is 11.6 Å². The molecule has 0 aromatic heterocycles. The molecule has 0 spiro atoms. The number of phenolic OH excluding ortho intramolecular Hbond substituents is 1. The van der Waals surface area contributed by atoms with Gasteiger partial charge < -0.3 is 14.8 Å². The Hall–Kier alpha value is -2.04. The maximum atomic E-state index is 12.5. The molecule has 1 amide bonds. The molecule has 0 saturated carbocycles. The molecule has 2 aliphatic rings. The Bertz CT molecular complexity index is 570. The van der Waals surface area contributed by atoms with Crippen LogP contribution in [-0.4, -0.2) is 40.3 Å². The number of aromatic hydroxyl groups is 1. The highest BCUT2D eigenvalue weighted by Gasteiger charge is 2.35. The molecular formula is C16H20N2O3. The number of oxime groups is 1. The van der Waals surface area contributed by atoms with E-state index in [4.69, 9.17) is 4.84 Å². The molecule has 112 valence electrons. The monoisotopic (exact) mass is 288 g/mol.